The fourth-order valence-corrected chi connectivity index (χ4v) is 11.6. The Kier molecular flexibility index (Phi) is 26.5. The predicted molar refractivity (Wildman–Crippen MR) is 162 cm³/mol. The first-order valence-corrected chi connectivity index (χ1v) is 15.8. The van der Waals surface area contributed by atoms with E-state index in [0.29, 0.717) is 0 Å². The minimum Gasteiger partial charge on any atom is -0.366 e. The number of hydrogen-bond acceptors (Lipinski definition) is 1. The molecule has 35 heavy (non-hydrogen) atoms. The molecule has 0 aliphatic carbocycles. The van der Waals surface area contributed by atoms with Crippen LogP contribution in [0.5, 0.6) is 0 Å². The largest absolute Gasteiger partial charge is 0.366 e. The van der Waals surface area contributed by atoms with Crippen LogP contribution in [0.25, 0.3) is 0 Å². The van der Waals surface area contributed by atoms with Crippen molar-refractivity contribution >= 4 is 15.8 Å². The maximum atomic E-state index is 6.69. The molecule has 0 bridgehead atoms. The molecule has 0 spiro atoms. The van der Waals surface area contributed by atoms with Gasteiger partial charge in [-0.3, -0.25) is 10.9 Å². The number of aromatic nitrogens is 1. The fraction of sp³-hybridized carbons (Fsp3) is 0.581. The fourth-order valence-electron chi connectivity index (χ4n) is 4.41. The summed E-state index contributed by atoms with van der Waals surface area (Å²) in [5.41, 5.74) is 6.22. The Labute approximate surface area is 235 Å². The standard InChI is InChI=1S/2C9H21P.C8H5.C5H5N.Rh/c2*1-7(2)10(8(3)4)9(5)6;1-2-8-6-4-3-5-7-8;1-2-4-6-5-3-1;/h2*7-9H,1-6H3;3-7H;1-5H;/q;;-1;;. The summed E-state index contributed by atoms with van der Waals surface area (Å²) in [6.45, 7) is 28.2. The van der Waals surface area contributed by atoms with Crippen LogP contribution in [0.4, 0.5) is 0 Å². The van der Waals surface area contributed by atoms with Gasteiger partial charge in [0.25, 0.3) is 0 Å². The van der Waals surface area contributed by atoms with Gasteiger partial charge in [-0.25, -0.2) is 0 Å². The average Bonchev–Trinajstić information content (AvgIpc) is 2.75. The zero-order valence-electron chi connectivity index (χ0n) is 24.4. The van der Waals surface area contributed by atoms with Crippen LogP contribution in [0.3, 0.4) is 0 Å². The molecule has 0 saturated carbocycles. The van der Waals surface area contributed by atoms with E-state index in [1.807, 2.05) is 48.5 Å². The molecule has 1 aromatic heterocycles. The van der Waals surface area contributed by atoms with Gasteiger partial charge in [0, 0.05) is 31.9 Å². The molecule has 0 unspecified atom stereocenters. The van der Waals surface area contributed by atoms with E-state index in [4.69, 9.17) is 6.42 Å². The Hall–Kier alpha value is -0.587. The number of rotatable bonds is 6. The molecule has 0 atom stereocenters. The van der Waals surface area contributed by atoms with Gasteiger partial charge in [-0.15, -0.1) is 17.7 Å². The summed E-state index contributed by atoms with van der Waals surface area (Å²) in [7, 11) is 0.525. The van der Waals surface area contributed by atoms with Gasteiger partial charge in [-0.05, 0) is 46.1 Å². The van der Waals surface area contributed by atoms with Crippen molar-refractivity contribution in [3.05, 3.63) is 72.9 Å². The minimum absolute atomic E-state index is 0. The summed E-state index contributed by atoms with van der Waals surface area (Å²) in [6.07, 6.45) is 10.2. The Bertz CT molecular complexity index is 634. The molecule has 1 aromatic carbocycles. The van der Waals surface area contributed by atoms with Gasteiger partial charge < -0.3 is 6.42 Å². The van der Waals surface area contributed by atoms with Crippen molar-refractivity contribution in [2.75, 3.05) is 0 Å². The summed E-state index contributed by atoms with van der Waals surface area (Å²) in [6, 6.07) is 15.1. The van der Waals surface area contributed by atoms with Crippen molar-refractivity contribution in [2.24, 2.45) is 0 Å². The van der Waals surface area contributed by atoms with Crippen LogP contribution in [0.2, 0.25) is 0 Å². The summed E-state index contributed by atoms with van der Waals surface area (Å²) >= 11 is 0. The summed E-state index contributed by atoms with van der Waals surface area (Å²) in [5.74, 6) is 2.28. The first-order valence-electron chi connectivity index (χ1n) is 12.7. The third-order valence-electron chi connectivity index (χ3n) is 5.06. The second kappa shape index (κ2) is 23.8. The quantitative estimate of drug-likeness (QED) is 0.139. The zero-order chi connectivity index (χ0) is 26.7. The normalized spacial score (nSPS) is 10.4. The van der Waals surface area contributed by atoms with Gasteiger partial charge in [0.1, 0.15) is 0 Å². The number of benzene rings is 1. The molecule has 0 fully saturated rings. The molecule has 1 radical (unpaired) electrons. The van der Waals surface area contributed by atoms with E-state index in [2.05, 4.69) is 94.0 Å². The molecule has 4 heteroatoms. The van der Waals surface area contributed by atoms with E-state index in [9.17, 15) is 0 Å². The van der Waals surface area contributed by atoms with Crippen LogP contribution in [0.15, 0.2) is 60.9 Å². The topological polar surface area (TPSA) is 12.9 Å². The smallest absolute Gasteiger partial charge is 0.0267 e. The van der Waals surface area contributed by atoms with Gasteiger partial charge in [-0.1, -0.05) is 123 Å². The first kappa shape index (κ1) is 38.9. The molecule has 1 nitrogen and oxygen atoms in total. The maximum Gasteiger partial charge on any atom is 0.0267 e. The van der Waals surface area contributed by atoms with E-state index in [-0.39, 0.29) is 35.3 Å². The van der Waals surface area contributed by atoms with Crippen molar-refractivity contribution in [2.45, 2.75) is 117 Å². The molecule has 0 aliphatic rings. The Morgan fingerprint density at radius 2 is 0.829 bits per heavy atom. The summed E-state index contributed by atoms with van der Waals surface area (Å²) < 4.78 is 0. The zero-order valence-corrected chi connectivity index (χ0v) is 27.8. The molecule has 0 aliphatic heterocycles. The monoisotopic (exact) mass is 603 g/mol. The van der Waals surface area contributed by atoms with Gasteiger partial charge in [0.2, 0.25) is 0 Å². The second-order valence-corrected chi connectivity index (χ2v) is 18.0. The van der Waals surface area contributed by atoms with Crippen LogP contribution in [-0.4, -0.2) is 38.9 Å². The molecule has 0 saturated heterocycles. The molecule has 2 rings (SSSR count). The molecular weight excluding hydrogens is 551 g/mol. The van der Waals surface area contributed by atoms with Crippen molar-refractivity contribution in [3.63, 3.8) is 0 Å². The Morgan fingerprint density at radius 3 is 0.943 bits per heavy atom. The van der Waals surface area contributed by atoms with Crippen LogP contribution in [-0.2, 0) is 19.5 Å². The van der Waals surface area contributed by atoms with E-state index in [0.717, 1.165) is 39.5 Å². The van der Waals surface area contributed by atoms with Gasteiger partial charge in [0.15, 0.2) is 0 Å². The van der Waals surface area contributed by atoms with Gasteiger partial charge in [0.05, 0.1) is 0 Å². The molecule has 1 heterocycles. The van der Waals surface area contributed by atoms with Crippen LogP contribution >= 0.6 is 15.8 Å². The van der Waals surface area contributed by atoms with E-state index >= 15 is 0 Å². The summed E-state index contributed by atoms with van der Waals surface area (Å²) in [4.78, 5) is 3.78. The molecular formula is C31H52NP2Rh-. The molecule has 2 aromatic rings. The van der Waals surface area contributed by atoms with Gasteiger partial charge >= 0.3 is 0 Å². The van der Waals surface area contributed by atoms with Crippen molar-refractivity contribution in [3.8, 4) is 5.92 Å². The number of pyridine rings is 1. The third-order valence-corrected chi connectivity index (χ3v) is 12.2. The van der Waals surface area contributed by atoms with Gasteiger partial charge in [-0.2, -0.15) is 0 Å². The van der Waals surface area contributed by atoms with Crippen molar-refractivity contribution in [1.29, 1.82) is 0 Å². The van der Waals surface area contributed by atoms with Crippen molar-refractivity contribution < 1.29 is 19.5 Å². The SMILES string of the molecule is CC(C)P(C(C)C)C(C)C.CC(C)P(C(C)C)C(C)C.[C-]#Cc1ccccc1.[Rh].c1ccncc1. The van der Waals surface area contributed by atoms with Crippen molar-refractivity contribution in [1.82, 2.24) is 4.98 Å². The second-order valence-electron chi connectivity index (χ2n) is 9.97. The van der Waals surface area contributed by atoms with E-state index < -0.39 is 0 Å². The Balaban J connectivity index is -0.000000391. The van der Waals surface area contributed by atoms with Crippen LogP contribution in [0.1, 0.15) is 88.6 Å². The maximum absolute atomic E-state index is 6.69. The molecule has 0 amide bonds. The van der Waals surface area contributed by atoms with E-state index in [1.54, 1.807) is 12.4 Å². The average molecular weight is 604 g/mol. The number of hydrogen-bond donors (Lipinski definition) is 0. The molecule has 0 N–H and O–H groups in total. The minimum atomic E-state index is 0. The number of nitrogens with zero attached hydrogens (tertiary/aromatic N) is 1. The Morgan fingerprint density at radius 1 is 0.543 bits per heavy atom. The molecule has 201 valence electrons. The summed E-state index contributed by atoms with van der Waals surface area (Å²) in [5, 5.41) is 0. The predicted octanol–water partition coefficient (Wildman–Crippen LogP) is 10.1. The van der Waals surface area contributed by atoms with Crippen LogP contribution in [0, 0.1) is 12.3 Å². The van der Waals surface area contributed by atoms with Crippen LogP contribution < -0.4 is 0 Å². The first-order chi connectivity index (χ1) is 15.9. The third kappa shape index (κ3) is 21.2. The van der Waals surface area contributed by atoms with E-state index in [1.165, 1.54) is 0 Å².